The first-order valence-corrected chi connectivity index (χ1v) is 9.69. The lowest BCUT2D eigenvalue weighted by atomic mass is 9.44. The third kappa shape index (κ3) is 1.88. The van der Waals surface area contributed by atoms with Crippen LogP contribution in [0.15, 0.2) is 11.6 Å². The molecule has 4 aliphatic rings. The van der Waals surface area contributed by atoms with Crippen molar-refractivity contribution in [1.82, 2.24) is 0 Å². The number of Topliss-reactive ketones (excluding diaryl/α,β-unsaturated/α-hetero) is 1. The Balaban J connectivity index is 1.74. The van der Waals surface area contributed by atoms with Crippen LogP contribution >= 0.6 is 0 Å². The van der Waals surface area contributed by atoms with Gasteiger partial charge in [0.15, 0.2) is 5.78 Å². The molecule has 3 heteroatoms. The van der Waals surface area contributed by atoms with Crippen molar-refractivity contribution in [3.63, 3.8) is 0 Å². The zero-order chi connectivity index (χ0) is 17.3. The third-order valence-corrected chi connectivity index (χ3v) is 8.64. The molecular formula is C21H30O3. The topological polar surface area (TPSA) is 54.4 Å². The molecule has 3 fully saturated rings. The monoisotopic (exact) mass is 330 g/mol. The maximum atomic E-state index is 12.2. The Morgan fingerprint density at radius 3 is 2.54 bits per heavy atom. The van der Waals surface area contributed by atoms with Gasteiger partial charge in [-0.15, -0.1) is 0 Å². The summed E-state index contributed by atoms with van der Waals surface area (Å²) in [4.78, 5) is 24.0. The number of hydrogen-bond donors (Lipinski definition) is 1. The molecule has 0 saturated heterocycles. The minimum Gasteiger partial charge on any atom is -0.389 e. The number of aliphatic hydroxyl groups is 1. The van der Waals surface area contributed by atoms with Crippen LogP contribution in [0.4, 0.5) is 0 Å². The lowest BCUT2D eigenvalue weighted by Gasteiger charge is -2.62. The van der Waals surface area contributed by atoms with E-state index >= 15 is 0 Å². The highest BCUT2D eigenvalue weighted by molar-refractivity contribution is 5.91. The van der Waals surface area contributed by atoms with Crippen molar-refractivity contribution < 1.29 is 14.7 Å². The molecule has 4 aliphatic carbocycles. The number of carbonyl (C=O) groups excluding carboxylic acids is 2. The van der Waals surface area contributed by atoms with Crippen LogP contribution in [0.3, 0.4) is 0 Å². The predicted octanol–water partition coefficient (Wildman–Crippen LogP) is 3.84. The average molecular weight is 330 g/mol. The summed E-state index contributed by atoms with van der Waals surface area (Å²) >= 11 is 0. The second-order valence-corrected chi connectivity index (χ2v) is 9.39. The summed E-state index contributed by atoms with van der Waals surface area (Å²) in [6, 6.07) is 0. The van der Waals surface area contributed by atoms with Crippen LogP contribution in [0.25, 0.3) is 0 Å². The van der Waals surface area contributed by atoms with Gasteiger partial charge in [-0.2, -0.15) is 0 Å². The molecule has 24 heavy (non-hydrogen) atoms. The smallest absolute Gasteiger partial charge is 0.155 e. The molecule has 3 saturated carbocycles. The maximum Gasteiger partial charge on any atom is 0.155 e. The van der Waals surface area contributed by atoms with Crippen LogP contribution in [0, 0.1) is 28.6 Å². The van der Waals surface area contributed by atoms with Crippen molar-refractivity contribution in [3.8, 4) is 0 Å². The molecule has 0 unspecified atom stereocenters. The first-order valence-electron chi connectivity index (χ1n) is 9.69. The molecule has 0 bridgehead atoms. The van der Waals surface area contributed by atoms with Gasteiger partial charge >= 0.3 is 0 Å². The molecule has 4 rings (SSSR count). The van der Waals surface area contributed by atoms with E-state index in [4.69, 9.17) is 0 Å². The largest absolute Gasteiger partial charge is 0.389 e. The van der Waals surface area contributed by atoms with E-state index in [-0.39, 0.29) is 28.4 Å². The van der Waals surface area contributed by atoms with E-state index < -0.39 is 5.60 Å². The Kier molecular flexibility index (Phi) is 3.46. The van der Waals surface area contributed by atoms with E-state index in [0.717, 1.165) is 44.9 Å². The quantitative estimate of drug-likeness (QED) is 0.795. The minimum absolute atomic E-state index is 0.0603. The Morgan fingerprint density at radius 2 is 1.83 bits per heavy atom. The Hall–Kier alpha value is -0.960. The first-order chi connectivity index (χ1) is 11.2. The number of hydrogen-bond acceptors (Lipinski definition) is 3. The summed E-state index contributed by atoms with van der Waals surface area (Å²) in [6.07, 6.45) is 8.85. The van der Waals surface area contributed by atoms with Gasteiger partial charge in [-0.1, -0.05) is 19.4 Å². The maximum absolute atomic E-state index is 12.2. The third-order valence-electron chi connectivity index (χ3n) is 8.64. The second-order valence-electron chi connectivity index (χ2n) is 9.39. The van der Waals surface area contributed by atoms with Gasteiger partial charge in [0.2, 0.25) is 0 Å². The van der Waals surface area contributed by atoms with Crippen molar-refractivity contribution in [3.05, 3.63) is 11.6 Å². The summed E-state index contributed by atoms with van der Waals surface area (Å²) in [6.45, 7) is 6.24. The van der Waals surface area contributed by atoms with Crippen LogP contribution in [0.2, 0.25) is 0 Å². The van der Waals surface area contributed by atoms with Crippen molar-refractivity contribution in [1.29, 1.82) is 0 Å². The molecule has 0 aromatic heterocycles. The molecule has 1 N–H and O–H groups in total. The summed E-state index contributed by atoms with van der Waals surface area (Å²) in [5.74, 6) is 1.45. The number of carbonyl (C=O) groups is 2. The number of fused-ring (bicyclic) bond motifs is 5. The van der Waals surface area contributed by atoms with E-state index in [2.05, 4.69) is 13.8 Å². The molecule has 0 radical (unpaired) electrons. The first kappa shape index (κ1) is 16.5. The Labute approximate surface area is 144 Å². The lowest BCUT2D eigenvalue weighted by molar-refractivity contribution is -0.192. The summed E-state index contributed by atoms with van der Waals surface area (Å²) < 4.78 is 0. The van der Waals surface area contributed by atoms with E-state index in [1.54, 1.807) is 6.92 Å². The molecule has 6 atom stereocenters. The normalized spacial score (nSPS) is 50.6. The second kappa shape index (κ2) is 5.03. The fraction of sp³-hybridized carbons (Fsp3) is 0.810. The van der Waals surface area contributed by atoms with Crippen molar-refractivity contribution in [2.24, 2.45) is 28.6 Å². The van der Waals surface area contributed by atoms with Crippen molar-refractivity contribution in [2.75, 3.05) is 0 Å². The van der Waals surface area contributed by atoms with Gasteiger partial charge in [0.1, 0.15) is 5.78 Å². The van der Waals surface area contributed by atoms with Gasteiger partial charge in [-0.05, 0) is 75.2 Å². The van der Waals surface area contributed by atoms with Crippen LogP contribution in [-0.4, -0.2) is 22.3 Å². The fourth-order valence-electron chi connectivity index (χ4n) is 7.17. The SMILES string of the molecule is CC(=O)[C@H]1CC[C@H]2[C@@H]3CCC4=CC(=O)CC[C@]4(C)[C@@]3(O)CC[C@]12C. The van der Waals surface area contributed by atoms with E-state index in [0.29, 0.717) is 18.1 Å². The standard InChI is InChI=1S/C21H30O3/c1-13(22)16-6-7-17-18-5-4-14-12-15(23)8-9-20(14,3)21(18,24)11-10-19(16,17)2/h12,16-18,24H,4-11H2,1-3H3/t16-,17+,18+,19-,20+,21-/m1/s1. The highest BCUT2D eigenvalue weighted by Gasteiger charge is 2.66. The summed E-state index contributed by atoms with van der Waals surface area (Å²) in [5.41, 5.74) is 0.292. The lowest BCUT2D eigenvalue weighted by Crippen LogP contribution is -2.63. The average Bonchev–Trinajstić information content (AvgIpc) is 2.87. The molecule has 0 heterocycles. The van der Waals surface area contributed by atoms with E-state index in [9.17, 15) is 14.7 Å². The Bertz CT molecular complexity index is 635. The summed E-state index contributed by atoms with van der Waals surface area (Å²) in [5, 5.41) is 11.9. The van der Waals surface area contributed by atoms with Crippen LogP contribution in [0.1, 0.15) is 72.1 Å². The van der Waals surface area contributed by atoms with Gasteiger partial charge in [-0.25, -0.2) is 0 Å². The van der Waals surface area contributed by atoms with Gasteiger partial charge in [0.05, 0.1) is 5.60 Å². The molecular weight excluding hydrogens is 300 g/mol. The molecule has 3 nitrogen and oxygen atoms in total. The van der Waals surface area contributed by atoms with E-state index in [1.807, 2.05) is 6.08 Å². The highest BCUT2D eigenvalue weighted by Crippen LogP contribution is 2.68. The van der Waals surface area contributed by atoms with E-state index in [1.165, 1.54) is 5.57 Å². The molecule has 0 aromatic rings. The predicted molar refractivity (Wildman–Crippen MR) is 92.3 cm³/mol. The summed E-state index contributed by atoms with van der Waals surface area (Å²) in [7, 11) is 0. The zero-order valence-electron chi connectivity index (χ0n) is 15.2. The molecule has 0 spiro atoms. The van der Waals surface area contributed by atoms with Crippen LogP contribution < -0.4 is 0 Å². The molecule has 0 aliphatic heterocycles. The van der Waals surface area contributed by atoms with Crippen LogP contribution in [-0.2, 0) is 9.59 Å². The van der Waals surface area contributed by atoms with Gasteiger partial charge in [0, 0.05) is 17.8 Å². The highest BCUT2D eigenvalue weighted by atomic mass is 16.3. The van der Waals surface area contributed by atoms with Gasteiger partial charge in [0.25, 0.3) is 0 Å². The van der Waals surface area contributed by atoms with Gasteiger partial charge in [-0.3, -0.25) is 9.59 Å². The fourth-order valence-corrected chi connectivity index (χ4v) is 7.17. The van der Waals surface area contributed by atoms with Gasteiger partial charge < -0.3 is 5.11 Å². The van der Waals surface area contributed by atoms with Crippen molar-refractivity contribution in [2.45, 2.75) is 77.7 Å². The minimum atomic E-state index is -0.701. The molecule has 0 aromatic carbocycles. The molecule has 0 amide bonds. The molecule has 132 valence electrons. The number of ketones is 2. The van der Waals surface area contributed by atoms with Crippen LogP contribution in [0.5, 0.6) is 0 Å². The zero-order valence-corrected chi connectivity index (χ0v) is 15.2. The van der Waals surface area contributed by atoms with Crippen molar-refractivity contribution >= 4 is 11.6 Å². The Morgan fingerprint density at radius 1 is 1.08 bits per heavy atom. The number of rotatable bonds is 1.